The SMILES string of the molecule is CCN1C[C@H](CN(C)C(=O)N[C@H](C)c2cc(C)oc2C)Oc2ccccc21. The molecule has 3 rings (SSSR count). The zero-order valence-corrected chi connectivity index (χ0v) is 16.8. The van der Waals surface area contributed by atoms with Gasteiger partial charge in [-0.15, -0.1) is 0 Å². The normalized spacial score (nSPS) is 17.1. The van der Waals surface area contributed by atoms with Crippen LogP contribution >= 0.6 is 0 Å². The maximum absolute atomic E-state index is 12.6. The molecule has 1 aromatic heterocycles. The molecule has 1 aromatic carbocycles. The topological polar surface area (TPSA) is 58.0 Å². The van der Waals surface area contributed by atoms with Crippen LogP contribution < -0.4 is 15.0 Å². The highest BCUT2D eigenvalue weighted by Gasteiger charge is 2.27. The highest BCUT2D eigenvalue weighted by atomic mass is 16.5. The number of anilines is 1. The van der Waals surface area contributed by atoms with Gasteiger partial charge in [0.2, 0.25) is 0 Å². The van der Waals surface area contributed by atoms with Crippen molar-refractivity contribution in [2.24, 2.45) is 0 Å². The van der Waals surface area contributed by atoms with E-state index in [0.29, 0.717) is 6.54 Å². The number of amides is 2. The maximum Gasteiger partial charge on any atom is 0.317 e. The highest BCUT2D eigenvalue weighted by molar-refractivity contribution is 5.74. The molecule has 0 saturated heterocycles. The van der Waals surface area contributed by atoms with Gasteiger partial charge in [0, 0.05) is 19.2 Å². The van der Waals surface area contributed by atoms with Crippen molar-refractivity contribution >= 4 is 11.7 Å². The average Bonchev–Trinajstić information content (AvgIpc) is 2.99. The molecule has 146 valence electrons. The molecular weight excluding hydrogens is 342 g/mol. The largest absolute Gasteiger partial charge is 0.485 e. The predicted octanol–water partition coefficient (Wildman–Crippen LogP) is 3.89. The molecule has 0 unspecified atom stereocenters. The molecule has 0 spiro atoms. The summed E-state index contributed by atoms with van der Waals surface area (Å²) in [5.74, 6) is 2.57. The van der Waals surface area contributed by atoms with Gasteiger partial charge in [-0.05, 0) is 45.9 Å². The van der Waals surface area contributed by atoms with Gasteiger partial charge in [0.05, 0.1) is 24.8 Å². The minimum atomic E-state index is -0.119. The second-order valence-corrected chi connectivity index (χ2v) is 7.17. The Kier molecular flexibility index (Phi) is 5.63. The van der Waals surface area contributed by atoms with Crippen LogP contribution in [0.5, 0.6) is 5.75 Å². The van der Waals surface area contributed by atoms with E-state index < -0.39 is 0 Å². The Labute approximate surface area is 161 Å². The summed E-state index contributed by atoms with van der Waals surface area (Å²) in [5, 5.41) is 3.04. The number of para-hydroxylation sites is 2. The molecule has 2 heterocycles. The van der Waals surface area contributed by atoms with E-state index in [0.717, 1.165) is 41.6 Å². The quantitative estimate of drug-likeness (QED) is 0.866. The fourth-order valence-corrected chi connectivity index (χ4v) is 3.62. The lowest BCUT2D eigenvalue weighted by Gasteiger charge is -2.37. The van der Waals surface area contributed by atoms with E-state index in [1.807, 2.05) is 45.0 Å². The number of ether oxygens (including phenoxy) is 1. The molecule has 2 atom stereocenters. The van der Waals surface area contributed by atoms with E-state index in [2.05, 4.69) is 23.2 Å². The van der Waals surface area contributed by atoms with Crippen molar-refractivity contribution in [2.45, 2.75) is 39.8 Å². The number of rotatable bonds is 5. The lowest BCUT2D eigenvalue weighted by Crippen LogP contribution is -2.49. The minimum Gasteiger partial charge on any atom is -0.485 e. The fraction of sp³-hybridized carbons (Fsp3) is 0.476. The lowest BCUT2D eigenvalue weighted by atomic mass is 10.1. The van der Waals surface area contributed by atoms with Gasteiger partial charge < -0.3 is 24.3 Å². The summed E-state index contributed by atoms with van der Waals surface area (Å²) < 4.78 is 11.7. The van der Waals surface area contributed by atoms with Crippen molar-refractivity contribution in [2.75, 3.05) is 31.6 Å². The molecule has 1 aliphatic heterocycles. The standard InChI is InChI=1S/C21H29N3O3/c1-6-24-13-17(27-20-10-8-7-9-19(20)24)12-23(5)21(25)22-15(3)18-11-14(2)26-16(18)4/h7-11,15,17H,6,12-13H2,1-5H3,(H,22,25)/t15-,17+/m1/s1. The van der Waals surface area contributed by atoms with Gasteiger partial charge in [-0.3, -0.25) is 0 Å². The molecular formula is C21H29N3O3. The second-order valence-electron chi connectivity index (χ2n) is 7.17. The Bertz CT molecular complexity index is 802. The first-order valence-electron chi connectivity index (χ1n) is 9.48. The summed E-state index contributed by atoms with van der Waals surface area (Å²) in [7, 11) is 1.80. The molecule has 2 aromatic rings. The van der Waals surface area contributed by atoms with Crippen molar-refractivity contribution in [3.05, 3.63) is 47.4 Å². The molecule has 0 bridgehead atoms. The number of hydrogen-bond donors (Lipinski definition) is 1. The van der Waals surface area contributed by atoms with Crippen molar-refractivity contribution in [3.63, 3.8) is 0 Å². The maximum atomic E-state index is 12.6. The number of aryl methyl sites for hydroxylation is 2. The smallest absolute Gasteiger partial charge is 0.317 e. The third-order valence-corrected chi connectivity index (χ3v) is 5.02. The number of carbonyl (C=O) groups is 1. The van der Waals surface area contributed by atoms with Crippen LogP contribution in [-0.4, -0.2) is 43.7 Å². The predicted molar refractivity (Wildman–Crippen MR) is 107 cm³/mol. The monoisotopic (exact) mass is 371 g/mol. The summed E-state index contributed by atoms with van der Waals surface area (Å²) in [4.78, 5) is 16.6. The summed E-state index contributed by atoms with van der Waals surface area (Å²) in [5.41, 5.74) is 2.12. The zero-order valence-electron chi connectivity index (χ0n) is 16.8. The van der Waals surface area contributed by atoms with Crippen molar-refractivity contribution < 1.29 is 13.9 Å². The van der Waals surface area contributed by atoms with Crippen molar-refractivity contribution in [1.82, 2.24) is 10.2 Å². The second kappa shape index (κ2) is 7.94. The van der Waals surface area contributed by atoms with Crippen LogP contribution in [0, 0.1) is 13.8 Å². The van der Waals surface area contributed by atoms with Crippen LogP contribution in [0.1, 0.15) is 37.0 Å². The van der Waals surface area contributed by atoms with Crippen LogP contribution in [0.4, 0.5) is 10.5 Å². The molecule has 0 fully saturated rings. The number of nitrogens with one attached hydrogen (secondary N) is 1. The van der Waals surface area contributed by atoms with Gasteiger partial charge >= 0.3 is 6.03 Å². The Hall–Kier alpha value is -2.63. The van der Waals surface area contributed by atoms with Crippen LogP contribution in [0.15, 0.2) is 34.7 Å². The summed E-state index contributed by atoms with van der Waals surface area (Å²) in [6.45, 7) is 10.1. The van der Waals surface area contributed by atoms with Crippen LogP contribution in [0.2, 0.25) is 0 Å². The first kappa shape index (κ1) is 19.1. The van der Waals surface area contributed by atoms with Gasteiger partial charge in [-0.25, -0.2) is 4.79 Å². The number of likely N-dealkylation sites (N-methyl/N-ethyl adjacent to an activating group) is 2. The van der Waals surface area contributed by atoms with E-state index >= 15 is 0 Å². The van der Waals surface area contributed by atoms with E-state index in [1.54, 1.807) is 11.9 Å². The number of nitrogens with zero attached hydrogens (tertiary/aromatic N) is 2. The van der Waals surface area contributed by atoms with E-state index in [9.17, 15) is 4.79 Å². The van der Waals surface area contributed by atoms with Gasteiger partial charge in [-0.2, -0.15) is 0 Å². The molecule has 2 amide bonds. The Morgan fingerprint density at radius 2 is 2.11 bits per heavy atom. The van der Waals surface area contributed by atoms with Crippen LogP contribution in [-0.2, 0) is 0 Å². The molecule has 1 aliphatic rings. The molecule has 0 radical (unpaired) electrons. The summed E-state index contributed by atoms with van der Waals surface area (Å²) in [6, 6.07) is 9.79. The van der Waals surface area contributed by atoms with Crippen LogP contribution in [0.3, 0.4) is 0 Å². The number of hydrogen-bond acceptors (Lipinski definition) is 4. The Morgan fingerprint density at radius 3 is 2.78 bits per heavy atom. The Balaban J connectivity index is 1.61. The number of carbonyl (C=O) groups excluding carboxylic acids is 1. The number of urea groups is 1. The summed E-state index contributed by atoms with van der Waals surface area (Å²) in [6.07, 6.45) is -0.0659. The Morgan fingerprint density at radius 1 is 1.37 bits per heavy atom. The van der Waals surface area contributed by atoms with Gasteiger partial charge in [0.25, 0.3) is 0 Å². The first-order chi connectivity index (χ1) is 12.9. The van der Waals surface area contributed by atoms with Gasteiger partial charge in [0.15, 0.2) is 0 Å². The highest BCUT2D eigenvalue weighted by Crippen LogP contribution is 2.32. The zero-order chi connectivity index (χ0) is 19.6. The molecule has 6 nitrogen and oxygen atoms in total. The first-order valence-corrected chi connectivity index (χ1v) is 9.48. The summed E-state index contributed by atoms with van der Waals surface area (Å²) >= 11 is 0. The number of furan rings is 1. The molecule has 0 saturated carbocycles. The van der Waals surface area contributed by atoms with Crippen molar-refractivity contribution in [1.29, 1.82) is 0 Å². The fourth-order valence-electron chi connectivity index (χ4n) is 3.62. The van der Waals surface area contributed by atoms with Gasteiger partial charge in [0.1, 0.15) is 23.4 Å². The molecule has 6 heteroatoms. The number of benzene rings is 1. The van der Waals surface area contributed by atoms with Gasteiger partial charge in [-0.1, -0.05) is 12.1 Å². The minimum absolute atomic E-state index is 0.0659. The molecule has 27 heavy (non-hydrogen) atoms. The third-order valence-electron chi connectivity index (χ3n) is 5.02. The molecule has 1 N–H and O–H groups in total. The van der Waals surface area contributed by atoms with E-state index in [-0.39, 0.29) is 18.2 Å². The number of fused-ring (bicyclic) bond motifs is 1. The van der Waals surface area contributed by atoms with E-state index in [1.165, 1.54) is 0 Å². The average molecular weight is 371 g/mol. The third kappa shape index (κ3) is 4.21. The van der Waals surface area contributed by atoms with Crippen LogP contribution in [0.25, 0.3) is 0 Å². The van der Waals surface area contributed by atoms with Crippen molar-refractivity contribution in [3.8, 4) is 5.75 Å². The molecule has 0 aliphatic carbocycles. The van der Waals surface area contributed by atoms with E-state index in [4.69, 9.17) is 9.15 Å². The lowest BCUT2D eigenvalue weighted by molar-refractivity contribution is 0.144.